The molecule has 1 aromatic heterocycles. The van der Waals surface area contributed by atoms with Crippen LogP contribution in [-0.4, -0.2) is 15.6 Å². The molecule has 19 heavy (non-hydrogen) atoms. The Hall–Kier alpha value is -2.12. The molecule has 1 fully saturated rings. The maximum absolute atomic E-state index is 9.09. The van der Waals surface area contributed by atoms with Gasteiger partial charge in [0.25, 0.3) is 0 Å². The Morgan fingerprint density at radius 2 is 2.32 bits per heavy atom. The monoisotopic (exact) mass is 252 g/mol. The van der Waals surface area contributed by atoms with Gasteiger partial charge in [0.05, 0.1) is 5.69 Å². The zero-order chi connectivity index (χ0) is 13.2. The Morgan fingerprint density at radius 1 is 1.47 bits per heavy atom. The molecule has 1 aliphatic rings. The topological polar surface area (TPSA) is 53.6 Å². The molecule has 0 aliphatic heterocycles. The van der Waals surface area contributed by atoms with E-state index in [9.17, 15) is 0 Å². The van der Waals surface area contributed by atoms with Crippen molar-refractivity contribution in [2.45, 2.75) is 32.4 Å². The Bertz CT molecular complexity index is 632. The van der Waals surface area contributed by atoms with Crippen molar-refractivity contribution < 1.29 is 0 Å². The number of aromatic nitrogens is 2. The van der Waals surface area contributed by atoms with Gasteiger partial charge in [-0.05, 0) is 31.4 Å². The van der Waals surface area contributed by atoms with Crippen molar-refractivity contribution >= 4 is 0 Å². The van der Waals surface area contributed by atoms with Crippen LogP contribution in [0.3, 0.4) is 0 Å². The third-order valence-corrected chi connectivity index (χ3v) is 3.39. The highest BCUT2D eigenvalue weighted by atomic mass is 15.1. The van der Waals surface area contributed by atoms with Gasteiger partial charge in [-0.3, -0.25) is 4.57 Å². The Balaban J connectivity index is 1.97. The van der Waals surface area contributed by atoms with Gasteiger partial charge in [-0.2, -0.15) is 5.26 Å². The van der Waals surface area contributed by atoms with Crippen LogP contribution < -0.4 is 5.32 Å². The van der Waals surface area contributed by atoms with Gasteiger partial charge in [0.1, 0.15) is 6.07 Å². The predicted molar refractivity (Wildman–Crippen MR) is 72.9 cm³/mol. The summed E-state index contributed by atoms with van der Waals surface area (Å²) in [6.07, 6.45) is 6.05. The summed E-state index contributed by atoms with van der Waals surface area (Å²) in [6, 6.07) is 9.09. The van der Waals surface area contributed by atoms with Crippen molar-refractivity contribution in [2.75, 3.05) is 0 Å². The maximum atomic E-state index is 9.09. The number of hydrogen-bond donors (Lipinski definition) is 1. The van der Waals surface area contributed by atoms with Gasteiger partial charge in [0.15, 0.2) is 0 Å². The van der Waals surface area contributed by atoms with Gasteiger partial charge in [-0.25, -0.2) is 4.98 Å². The number of benzene rings is 1. The second-order valence-electron chi connectivity index (χ2n) is 5.02. The van der Waals surface area contributed by atoms with Gasteiger partial charge >= 0.3 is 0 Å². The fourth-order valence-corrected chi connectivity index (χ4v) is 2.21. The number of nitrogens with zero attached hydrogens (tertiary/aromatic N) is 3. The third kappa shape index (κ3) is 2.51. The van der Waals surface area contributed by atoms with E-state index < -0.39 is 0 Å². The summed E-state index contributed by atoms with van der Waals surface area (Å²) < 4.78 is 1.85. The maximum Gasteiger partial charge on any atom is 0.217 e. The van der Waals surface area contributed by atoms with Crippen molar-refractivity contribution in [1.29, 1.82) is 5.26 Å². The number of aryl methyl sites for hydroxylation is 1. The van der Waals surface area contributed by atoms with Crippen LogP contribution in [0.25, 0.3) is 5.69 Å². The van der Waals surface area contributed by atoms with E-state index in [4.69, 9.17) is 5.26 Å². The van der Waals surface area contributed by atoms with E-state index >= 15 is 0 Å². The van der Waals surface area contributed by atoms with E-state index in [1.807, 2.05) is 10.8 Å². The highest BCUT2D eigenvalue weighted by Crippen LogP contribution is 2.22. The fourth-order valence-electron chi connectivity index (χ4n) is 2.21. The second kappa shape index (κ2) is 4.87. The summed E-state index contributed by atoms with van der Waals surface area (Å²) >= 11 is 0. The van der Waals surface area contributed by atoms with Gasteiger partial charge in [0.2, 0.25) is 5.82 Å². The van der Waals surface area contributed by atoms with Crippen LogP contribution in [0.15, 0.2) is 30.6 Å². The van der Waals surface area contributed by atoms with E-state index in [1.165, 1.54) is 24.0 Å². The summed E-state index contributed by atoms with van der Waals surface area (Å²) in [7, 11) is 0. The Labute approximate surface area is 112 Å². The lowest BCUT2D eigenvalue weighted by Crippen LogP contribution is -2.17. The van der Waals surface area contributed by atoms with Crippen molar-refractivity contribution in [2.24, 2.45) is 0 Å². The van der Waals surface area contributed by atoms with Crippen molar-refractivity contribution in [3.8, 4) is 11.8 Å². The molecule has 4 nitrogen and oxygen atoms in total. The van der Waals surface area contributed by atoms with Crippen LogP contribution in [-0.2, 0) is 6.54 Å². The Morgan fingerprint density at radius 3 is 3.05 bits per heavy atom. The van der Waals surface area contributed by atoms with E-state index in [1.54, 1.807) is 6.20 Å². The minimum atomic E-state index is 0.427. The molecule has 96 valence electrons. The van der Waals surface area contributed by atoms with E-state index in [-0.39, 0.29) is 0 Å². The summed E-state index contributed by atoms with van der Waals surface area (Å²) in [5.74, 6) is 0.427. The first kappa shape index (κ1) is 11.9. The highest BCUT2D eigenvalue weighted by Gasteiger charge is 2.20. The molecule has 1 heterocycles. The molecule has 1 aliphatic carbocycles. The molecule has 1 saturated carbocycles. The van der Waals surface area contributed by atoms with Crippen LogP contribution in [0.2, 0.25) is 0 Å². The van der Waals surface area contributed by atoms with Crippen LogP contribution in [0.5, 0.6) is 0 Å². The van der Waals surface area contributed by atoms with Crippen LogP contribution >= 0.6 is 0 Å². The van der Waals surface area contributed by atoms with Crippen molar-refractivity contribution in [1.82, 2.24) is 14.9 Å². The summed E-state index contributed by atoms with van der Waals surface area (Å²) in [4.78, 5) is 4.06. The van der Waals surface area contributed by atoms with Crippen molar-refractivity contribution in [3.63, 3.8) is 0 Å². The molecule has 0 amide bonds. The zero-order valence-corrected chi connectivity index (χ0v) is 10.9. The molecule has 3 rings (SSSR count). The molecule has 4 heteroatoms. The number of nitriles is 1. The fraction of sp³-hybridized carbons (Fsp3) is 0.333. The van der Waals surface area contributed by atoms with Gasteiger partial charge in [-0.1, -0.05) is 17.7 Å². The van der Waals surface area contributed by atoms with Crippen LogP contribution in [0, 0.1) is 18.3 Å². The SMILES string of the molecule is Cc1ccc(-n2ccnc2C#N)c(CNC2CC2)c1. The average molecular weight is 252 g/mol. The number of nitrogens with one attached hydrogen (secondary N) is 1. The molecular weight excluding hydrogens is 236 g/mol. The molecule has 2 aromatic rings. The van der Waals surface area contributed by atoms with E-state index in [0.717, 1.165) is 12.2 Å². The average Bonchev–Trinajstić information content (AvgIpc) is 3.13. The molecular formula is C15H16N4. The van der Waals surface area contributed by atoms with Gasteiger partial charge in [-0.15, -0.1) is 0 Å². The van der Waals surface area contributed by atoms with E-state index in [2.05, 4.69) is 41.5 Å². The lowest BCUT2D eigenvalue weighted by Gasteiger charge is -2.12. The van der Waals surface area contributed by atoms with Crippen LogP contribution in [0.4, 0.5) is 0 Å². The number of imidazole rings is 1. The predicted octanol–water partition coefficient (Wildman–Crippen LogP) is 2.30. The number of hydrogen-bond acceptors (Lipinski definition) is 3. The molecule has 0 radical (unpaired) electrons. The normalized spacial score (nSPS) is 14.3. The van der Waals surface area contributed by atoms with Crippen LogP contribution in [0.1, 0.15) is 29.8 Å². The molecule has 0 spiro atoms. The lowest BCUT2D eigenvalue weighted by atomic mass is 10.1. The largest absolute Gasteiger partial charge is 0.310 e. The minimum absolute atomic E-state index is 0.427. The molecule has 0 bridgehead atoms. The van der Waals surface area contributed by atoms with Gasteiger partial charge < -0.3 is 5.32 Å². The quantitative estimate of drug-likeness (QED) is 0.908. The second-order valence-corrected chi connectivity index (χ2v) is 5.02. The lowest BCUT2D eigenvalue weighted by molar-refractivity contribution is 0.684. The highest BCUT2D eigenvalue weighted by molar-refractivity contribution is 5.45. The molecule has 1 aromatic carbocycles. The first-order chi connectivity index (χ1) is 9.28. The summed E-state index contributed by atoms with van der Waals surface area (Å²) in [6.45, 7) is 2.92. The van der Waals surface area contributed by atoms with Gasteiger partial charge in [0, 0.05) is 25.0 Å². The molecule has 0 atom stereocenters. The minimum Gasteiger partial charge on any atom is -0.310 e. The summed E-state index contributed by atoms with van der Waals surface area (Å²) in [5.41, 5.74) is 3.48. The molecule has 0 saturated heterocycles. The van der Waals surface area contributed by atoms with Crippen molar-refractivity contribution in [3.05, 3.63) is 47.5 Å². The van der Waals surface area contributed by atoms with E-state index in [0.29, 0.717) is 11.9 Å². The standard InChI is InChI=1S/C15H16N4/c1-11-2-5-14(19-7-6-17-15(19)9-16)12(8-11)10-18-13-3-4-13/h2,5-8,13,18H,3-4,10H2,1H3. The molecule has 1 N–H and O–H groups in total. The third-order valence-electron chi connectivity index (χ3n) is 3.39. The zero-order valence-electron chi connectivity index (χ0n) is 10.9. The summed E-state index contributed by atoms with van der Waals surface area (Å²) in [5, 5.41) is 12.6. The Kier molecular flexibility index (Phi) is 3.06. The number of rotatable bonds is 4. The first-order valence-electron chi connectivity index (χ1n) is 6.54. The first-order valence-corrected chi connectivity index (χ1v) is 6.54. The smallest absolute Gasteiger partial charge is 0.217 e. The molecule has 0 unspecified atom stereocenters.